The van der Waals surface area contributed by atoms with Gasteiger partial charge < -0.3 is 0 Å². The van der Waals surface area contributed by atoms with Crippen LogP contribution < -0.4 is 0 Å². The third-order valence-electron chi connectivity index (χ3n) is 2.33. The van der Waals surface area contributed by atoms with Crippen molar-refractivity contribution in [1.29, 1.82) is 0 Å². The number of pyridine rings is 1. The maximum absolute atomic E-state index is 4.62. The highest BCUT2D eigenvalue weighted by molar-refractivity contribution is 5.18. The van der Waals surface area contributed by atoms with Crippen molar-refractivity contribution < 1.29 is 0 Å². The normalized spacial score (nSPS) is 16.4. The van der Waals surface area contributed by atoms with Gasteiger partial charge in [0.25, 0.3) is 0 Å². The van der Waals surface area contributed by atoms with Crippen LogP contribution in [0.4, 0.5) is 0 Å². The van der Waals surface area contributed by atoms with E-state index in [4.69, 9.17) is 0 Å². The van der Waals surface area contributed by atoms with E-state index < -0.39 is 0 Å². The Balaban J connectivity index is 2.15. The molecule has 1 heterocycles. The molecule has 0 atom stereocenters. The smallest absolute Gasteiger partial charge is 0.0437 e. The molecule has 1 aromatic rings. The molecule has 1 heteroatoms. The molecule has 0 N–H and O–H groups in total. The van der Waals surface area contributed by atoms with Gasteiger partial charge in [-0.25, -0.2) is 0 Å². The Kier molecular flexibility index (Phi) is 2.11. The summed E-state index contributed by atoms with van der Waals surface area (Å²) in [6.45, 7) is 2.20. The molecule has 12 heavy (non-hydrogen) atoms. The van der Waals surface area contributed by atoms with Gasteiger partial charge in [-0.15, -0.1) is 0 Å². The topological polar surface area (TPSA) is 12.9 Å². The Morgan fingerprint density at radius 2 is 2.25 bits per heavy atom. The molecule has 0 saturated heterocycles. The zero-order valence-electron chi connectivity index (χ0n) is 7.59. The third-order valence-corrected chi connectivity index (χ3v) is 2.33. The first-order valence-corrected chi connectivity index (χ1v) is 4.86. The molecule has 0 spiro atoms. The fourth-order valence-electron chi connectivity index (χ4n) is 1.50. The maximum Gasteiger partial charge on any atom is 0.0437 e. The summed E-state index contributed by atoms with van der Waals surface area (Å²) < 4.78 is 0. The van der Waals surface area contributed by atoms with E-state index >= 15 is 0 Å². The summed E-state index contributed by atoms with van der Waals surface area (Å²) in [6, 6.07) is 6.44. The molecule has 1 fully saturated rings. The standard InChI is InChI=1S/C11H15N/c1-2-4-10-5-3-6-11(12-10)9-7-8-9/h3,5-6,9H,2,4,7-8H2,1H3. The first-order chi connectivity index (χ1) is 5.90. The van der Waals surface area contributed by atoms with Crippen molar-refractivity contribution in [3.63, 3.8) is 0 Å². The summed E-state index contributed by atoms with van der Waals surface area (Å²) in [5.74, 6) is 0.793. The van der Waals surface area contributed by atoms with Gasteiger partial charge in [-0.3, -0.25) is 4.98 Å². The lowest BCUT2D eigenvalue weighted by Crippen LogP contribution is -1.92. The van der Waals surface area contributed by atoms with E-state index in [0.29, 0.717) is 0 Å². The number of aromatic nitrogens is 1. The summed E-state index contributed by atoms with van der Waals surface area (Å²) in [5.41, 5.74) is 2.59. The predicted molar refractivity (Wildman–Crippen MR) is 50.2 cm³/mol. The minimum atomic E-state index is 0.793. The van der Waals surface area contributed by atoms with Crippen molar-refractivity contribution in [3.8, 4) is 0 Å². The average Bonchev–Trinajstić information content (AvgIpc) is 2.88. The third kappa shape index (κ3) is 1.66. The Labute approximate surface area is 73.8 Å². The molecule has 0 amide bonds. The van der Waals surface area contributed by atoms with Crippen LogP contribution in [0.1, 0.15) is 43.5 Å². The summed E-state index contributed by atoms with van der Waals surface area (Å²) >= 11 is 0. The van der Waals surface area contributed by atoms with Crippen molar-refractivity contribution in [1.82, 2.24) is 4.98 Å². The van der Waals surface area contributed by atoms with Gasteiger partial charge in [-0.1, -0.05) is 19.4 Å². The van der Waals surface area contributed by atoms with E-state index in [1.807, 2.05) is 0 Å². The van der Waals surface area contributed by atoms with Gasteiger partial charge in [-0.2, -0.15) is 0 Å². The van der Waals surface area contributed by atoms with Crippen LogP contribution in [-0.2, 0) is 6.42 Å². The molecule has 0 radical (unpaired) electrons. The second-order valence-corrected chi connectivity index (χ2v) is 3.58. The number of hydrogen-bond donors (Lipinski definition) is 0. The Bertz CT molecular complexity index is 263. The van der Waals surface area contributed by atoms with Gasteiger partial charge in [0.2, 0.25) is 0 Å². The maximum atomic E-state index is 4.62. The summed E-state index contributed by atoms with van der Waals surface area (Å²) in [6.07, 6.45) is 5.02. The molecule has 0 aliphatic heterocycles. The van der Waals surface area contributed by atoms with E-state index in [9.17, 15) is 0 Å². The summed E-state index contributed by atoms with van der Waals surface area (Å²) in [4.78, 5) is 4.62. The van der Waals surface area contributed by atoms with E-state index in [2.05, 4.69) is 30.1 Å². The zero-order chi connectivity index (χ0) is 8.39. The molecule has 0 aromatic carbocycles. The molecular weight excluding hydrogens is 146 g/mol. The Hall–Kier alpha value is -0.850. The number of aryl methyl sites for hydroxylation is 1. The fraction of sp³-hybridized carbons (Fsp3) is 0.545. The number of rotatable bonds is 3. The molecule has 2 rings (SSSR count). The van der Waals surface area contributed by atoms with Gasteiger partial charge >= 0.3 is 0 Å². The summed E-state index contributed by atoms with van der Waals surface area (Å²) in [7, 11) is 0. The molecule has 1 aliphatic carbocycles. The second kappa shape index (κ2) is 3.26. The largest absolute Gasteiger partial charge is 0.258 e. The molecule has 1 aromatic heterocycles. The van der Waals surface area contributed by atoms with Crippen LogP contribution in [0.2, 0.25) is 0 Å². The van der Waals surface area contributed by atoms with Crippen molar-refractivity contribution in [3.05, 3.63) is 29.6 Å². The van der Waals surface area contributed by atoms with Crippen LogP contribution in [0.15, 0.2) is 18.2 Å². The SMILES string of the molecule is CCCc1cccc(C2CC2)n1. The first-order valence-electron chi connectivity index (χ1n) is 4.86. The predicted octanol–water partition coefficient (Wildman–Crippen LogP) is 2.91. The van der Waals surface area contributed by atoms with Crippen LogP contribution in [0.3, 0.4) is 0 Å². The minimum absolute atomic E-state index is 0.793. The highest BCUT2D eigenvalue weighted by Gasteiger charge is 2.24. The monoisotopic (exact) mass is 161 g/mol. The second-order valence-electron chi connectivity index (χ2n) is 3.58. The molecule has 64 valence electrons. The number of nitrogens with zero attached hydrogens (tertiary/aromatic N) is 1. The van der Waals surface area contributed by atoms with Crippen LogP contribution in [-0.4, -0.2) is 4.98 Å². The highest BCUT2D eigenvalue weighted by Crippen LogP contribution is 2.38. The van der Waals surface area contributed by atoms with Crippen LogP contribution in [0.5, 0.6) is 0 Å². The zero-order valence-corrected chi connectivity index (χ0v) is 7.59. The lowest BCUT2D eigenvalue weighted by molar-refractivity contribution is 0.859. The molecule has 0 bridgehead atoms. The van der Waals surface area contributed by atoms with E-state index in [1.54, 1.807) is 0 Å². The average molecular weight is 161 g/mol. The van der Waals surface area contributed by atoms with Crippen LogP contribution >= 0.6 is 0 Å². The van der Waals surface area contributed by atoms with Gasteiger partial charge in [0.15, 0.2) is 0 Å². The van der Waals surface area contributed by atoms with E-state index in [-0.39, 0.29) is 0 Å². The van der Waals surface area contributed by atoms with Gasteiger partial charge in [0.05, 0.1) is 0 Å². The van der Waals surface area contributed by atoms with Gasteiger partial charge in [-0.05, 0) is 31.4 Å². The fourth-order valence-corrected chi connectivity index (χ4v) is 1.50. The number of hydrogen-bond acceptors (Lipinski definition) is 1. The lowest BCUT2D eigenvalue weighted by Gasteiger charge is -2.00. The summed E-state index contributed by atoms with van der Waals surface area (Å²) in [5, 5.41) is 0. The Morgan fingerprint density at radius 3 is 2.92 bits per heavy atom. The van der Waals surface area contributed by atoms with Crippen molar-refractivity contribution in [2.45, 2.75) is 38.5 Å². The molecular formula is C11H15N. The van der Waals surface area contributed by atoms with Gasteiger partial charge in [0.1, 0.15) is 0 Å². The molecule has 1 nitrogen and oxygen atoms in total. The van der Waals surface area contributed by atoms with Crippen molar-refractivity contribution >= 4 is 0 Å². The van der Waals surface area contributed by atoms with Gasteiger partial charge in [0, 0.05) is 17.3 Å². The molecule has 1 saturated carbocycles. The molecule has 0 unspecified atom stereocenters. The van der Waals surface area contributed by atoms with Crippen molar-refractivity contribution in [2.24, 2.45) is 0 Å². The highest BCUT2D eigenvalue weighted by atomic mass is 14.7. The van der Waals surface area contributed by atoms with Crippen LogP contribution in [0.25, 0.3) is 0 Å². The quantitative estimate of drug-likeness (QED) is 0.664. The van der Waals surface area contributed by atoms with E-state index in [1.165, 1.54) is 30.7 Å². The van der Waals surface area contributed by atoms with E-state index in [0.717, 1.165) is 12.3 Å². The molecule has 1 aliphatic rings. The Morgan fingerprint density at radius 1 is 1.42 bits per heavy atom. The lowest BCUT2D eigenvalue weighted by atomic mass is 10.2. The van der Waals surface area contributed by atoms with Crippen molar-refractivity contribution in [2.75, 3.05) is 0 Å². The first kappa shape index (κ1) is 7.78. The minimum Gasteiger partial charge on any atom is -0.258 e. The van der Waals surface area contributed by atoms with Crippen LogP contribution in [0, 0.1) is 0 Å².